The van der Waals surface area contributed by atoms with E-state index in [-0.39, 0.29) is 5.91 Å². The van der Waals surface area contributed by atoms with Crippen molar-refractivity contribution in [1.29, 1.82) is 0 Å². The normalized spacial score (nSPS) is 16.7. The van der Waals surface area contributed by atoms with Crippen molar-refractivity contribution in [1.82, 2.24) is 0 Å². The smallest absolute Gasteiger partial charge is 0.253 e. The fraction of sp³-hybridized carbons (Fsp3) is 0.533. The van der Waals surface area contributed by atoms with Crippen molar-refractivity contribution in [3.05, 3.63) is 24.3 Å². The van der Waals surface area contributed by atoms with Gasteiger partial charge in [-0.15, -0.1) is 0 Å². The van der Waals surface area contributed by atoms with Crippen LogP contribution >= 0.6 is 0 Å². The summed E-state index contributed by atoms with van der Waals surface area (Å²) in [5, 5.41) is 2.80. The van der Waals surface area contributed by atoms with Gasteiger partial charge in [0.25, 0.3) is 5.91 Å². The fourth-order valence-electron chi connectivity index (χ4n) is 2.13. The molecule has 1 fully saturated rings. The van der Waals surface area contributed by atoms with Gasteiger partial charge in [-0.25, -0.2) is 0 Å². The molecule has 19 heavy (non-hydrogen) atoms. The number of hydrogen-bond donors (Lipinski definition) is 2. The molecule has 1 aliphatic carbocycles. The minimum atomic E-state index is -0.429. The second-order valence-corrected chi connectivity index (χ2v) is 5.21. The number of carbonyl (C=O) groups is 1. The maximum Gasteiger partial charge on any atom is 0.253 e. The lowest BCUT2D eigenvalue weighted by Gasteiger charge is -2.25. The van der Waals surface area contributed by atoms with Gasteiger partial charge in [0.05, 0.1) is 0 Å². The van der Waals surface area contributed by atoms with Crippen LogP contribution in [0.1, 0.15) is 32.6 Å². The van der Waals surface area contributed by atoms with Gasteiger partial charge in [-0.05, 0) is 37.5 Å². The highest BCUT2D eigenvalue weighted by molar-refractivity contribution is 5.94. The molecule has 1 aliphatic rings. The third-order valence-electron chi connectivity index (χ3n) is 3.64. The van der Waals surface area contributed by atoms with E-state index >= 15 is 0 Å². The van der Waals surface area contributed by atoms with Crippen LogP contribution in [0.15, 0.2) is 24.3 Å². The molecule has 1 atom stereocenters. The monoisotopic (exact) mass is 262 g/mol. The molecule has 0 radical (unpaired) electrons. The number of rotatable bonds is 6. The highest BCUT2D eigenvalue weighted by Crippen LogP contribution is 2.29. The third kappa shape index (κ3) is 4.24. The van der Waals surface area contributed by atoms with Gasteiger partial charge in [-0.3, -0.25) is 4.79 Å². The van der Waals surface area contributed by atoms with E-state index in [4.69, 9.17) is 10.5 Å². The zero-order valence-corrected chi connectivity index (χ0v) is 11.4. The molecule has 1 amide bonds. The van der Waals surface area contributed by atoms with Crippen LogP contribution in [0.2, 0.25) is 0 Å². The number of hydrogen-bond acceptors (Lipinski definition) is 3. The van der Waals surface area contributed by atoms with E-state index < -0.39 is 6.10 Å². The van der Waals surface area contributed by atoms with E-state index in [1.807, 2.05) is 12.1 Å². The van der Waals surface area contributed by atoms with Gasteiger partial charge in [0.15, 0.2) is 0 Å². The largest absolute Gasteiger partial charge is 0.399 e. The molecule has 3 N–H and O–H groups in total. The Morgan fingerprint density at radius 2 is 2.32 bits per heavy atom. The first kappa shape index (κ1) is 13.9. The van der Waals surface area contributed by atoms with E-state index in [1.54, 1.807) is 19.1 Å². The van der Waals surface area contributed by atoms with Crippen molar-refractivity contribution in [2.75, 3.05) is 17.7 Å². The number of ether oxygens (including phenoxy) is 1. The van der Waals surface area contributed by atoms with E-state index in [0.29, 0.717) is 18.0 Å². The van der Waals surface area contributed by atoms with Gasteiger partial charge in [0.2, 0.25) is 0 Å². The maximum atomic E-state index is 11.9. The summed E-state index contributed by atoms with van der Waals surface area (Å²) in [7, 11) is 0. The van der Waals surface area contributed by atoms with Gasteiger partial charge in [0, 0.05) is 18.0 Å². The highest BCUT2D eigenvalue weighted by atomic mass is 16.5. The van der Waals surface area contributed by atoms with Crippen molar-refractivity contribution in [3.63, 3.8) is 0 Å². The van der Waals surface area contributed by atoms with E-state index in [2.05, 4.69) is 5.32 Å². The summed E-state index contributed by atoms with van der Waals surface area (Å²) in [5.41, 5.74) is 7.01. The number of nitrogens with one attached hydrogen (secondary N) is 1. The van der Waals surface area contributed by atoms with Crippen molar-refractivity contribution >= 4 is 17.3 Å². The van der Waals surface area contributed by atoms with Crippen molar-refractivity contribution < 1.29 is 9.53 Å². The average molecular weight is 262 g/mol. The first-order chi connectivity index (χ1) is 9.15. The van der Waals surface area contributed by atoms with Crippen LogP contribution in [0, 0.1) is 5.92 Å². The number of amides is 1. The van der Waals surface area contributed by atoms with Crippen molar-refractivity contribution in [2.45, 2.75) is 38.7 Å². The fourth-order valence-corrected chi connectivity index (χ4v) is 2.13. The minimum Gasteiger partial charge on any atom is -0.399 e. The van der Waals surface area contributed by atoms with Crippen LogP contribution in [0.5, 0.6) is 0 Å². The number of benzene rings is 1. The second-order valence-electron chi connectivity index (χ2n) is 5.21. The standard InChI is InChI=1S/C15H22N2O2/c1-11(19-9-8-12-4-2-5-12)15(18)17-14-7-3-6-13(16)10-14/h3,6-7,10-12H,2,4-5,8-9,16H2,1H3,(H,17,18). The predicted molar refractivity (Wildman–Crippen MR) is 76.9 cm³/mol. The lowest BCUT2D eigenvalue weighted by Crippen LogP contribution is -2.28. The van der Waals surface area contributed by atoms with Crippen molar-refractivity contribution in [3.8, 4) is 0 Å². The number of carbonyl (C=O) groups excluding carboxylic acids is 1. The number of nitrogens with two attached hydrogens (primary N) is 1. The summed E-state index contributed by atoms with van der Waals surface area (Å²) >= 11 is 0. The molecule has 1 unspecified atom stereocenters. The third-order valence-corrected chi connectivity index (χ3v) is 3.64. The molecule has 1 aromatic carbocycles. The average Bonchev–Trinajstić information content (AvgIpc) is 2.32. The van der Waals surface area contributed by atoms with Crippen LogP contribution in [0.4, 0.5) is 11.4 Å². The van der Waals surface area contributed by atoms with Crippen LogP contribution in [-0.4, -0.2) is 18.6 Å². The van der Waals surface area contributed by atoms with Gasteiger partial charge in [-0.2, -0.15) is 0 Å². The molecule has 0 spiro atoms. The second kappa shape index (κ2) is 6.57. The van der Waals surface area contributed by atoms with Gasteiger partial charge < -0.3 is 15.8 Å². The van der Waals surface area contributed by atoms with Gasteiger partial charge in [-0.1, -0.05) is 25.3 Å². The zero-order valence-electron chi connectivity index (χ0n) is 11.4. The molecular weight excluding hydrogens is 240 g/mol. The number of anilines is 2. The summed E-state index contributed by atoms with van der Waals surface area (Å²) in [5.74, 6) is 0.684. The van der Waals surface area contributed by atoms with E-state index in [1.165, 1.54) is 19.3 Å². The minimum absolute atomic E-state index is 0.126. The Labute approximate surface area is 114 Å². The molecule has 0 aliphatic heterocycles. The Kier molecular flexibility index (Phi) is 4.80. The lowest BCUT2D eigenvalue weighted by atomic mass is 9.83. The van der Waals surface area contributed by atoms with Crippen LogP contribution < -0.4 is 11.1 Å². The first-order valence-corrected chi connectivity index (χ1v) is 6.93. The lowest BCUT2D eigenvalue weighted by molar-refractivity contribution is -0.126. The molecule has 2 rings (SSSR count). The van der Waals surface area contributed by atoms with Crippen LogP contribution in [0.3, 0.4) is 0 Å². The Hall–Kier alpha value is -1.55. The SMILES string of the molecule is CC(OCCC1CCC1)C(=O)Nc1cccc(N)c1. The molecule has 0 bridgehead atoms. The molecule has 4 nitrogen and oxygen atoms in total. The topological polar surface area (TPSA) is 64.3 Å². The first-order valence-electron chi connectivity index (χ1n) is 6.93. The Balaban J connectivity index is 1.72. The van der Waals surface area contributed by atoms with E-state index in [9.17, 15) is 4.79 Å². The Morgan fingerprint density at radius 3 is 2.95 bits per heavy atom. The highest BCUT2D eigenvalue weighted by Gasteiger charge is 2.19. The van der Waals surface area contributed by atoms with Crippen molar-refractivity contribution in [2.24, 2.45) is 5.92 Å². The summed E-state index contributed by atoms with van der Waals surface area (Å²) in [6, 6.07) is 7.15. The van der Waals surface area contributed by atoms with E-state index in [0.717, 1.165) is 12.3 Å². The summed E-state index contributed by atoms with van der Waals surface area (Å²) in [4.78, 5) is 11.9. The predicted octanol–water partition coefficient (Wildman–Crippen LogP) is 2.80. The molecule has 0 heterocycles. The van der Waals surface area contributed by atoms with Crippen LogP contribution in [0.25, 0.3) is 0 Å². The van der Waals surface area contributed by atoms with Gasteiger partial charge >= 0.3 is 0 Å². The molecule has 0 aromatic heterocycles. The maximum absolute atomic E-state index is 11.9. The molecular formula is C15H22N2O2. The summed E-state index contributed by atoms with van der Waals surface area (Å²) in [6.45, 7) is 2.44. The molecule has 4 heteroatoms. The molecule has 1 saturated carbocycles. The Bertz CT molecular complexity index is 430. The van der Waals surface area contributed by atoms with Gasteiger partial charge in [0.1, 0.15) is 6.10 Å². The summed E-state index contributed by atoms with van der Waals surface area (Å²) < 4.78 is 5.57. The zero-order chi connectivity index (χ0) is 13.7. The quantitative estimate of drug-likeness (QED) is 0.775. The summed E-state index contributed by atoms with van der Waals surface area (Å²) in [6.07, 6.45) is 4.61. The molecule has 1 aromatic rings. The Morgan fingerprint density at radius 1 is 1.53 bits per heavy atom. The molecule has 0 saturated heterocycles. The molecule has 104 valence electrons. The number of nitrogen functional groups attached to an aromatic ring is 1. The van der Waals surface area contributed by atoms with Crippen LogP contribution in [-0.2, 0) is 9.53 Å².